The van der Waals surface area contributed by atoms with Gasteiger partial charge in [0.15, 0.2) is 0 Å². The minimum absolute atomic E-state index is 0.00818. The van der Waals surface area contributed by atoms with Gasteiger partial charge < -0.3 is 61.1 Å². The molecular formula is C22H36N2O13. The summed E-state index contributed by atoms with van der Waals surface area (Å²) in [5.41, 5.74) is 1.22. The number of carbonyl (C=O) groups excluding carboxylic acids is 2. The zero-order valence-corrected chi connectivity index (χ0v) is 19.9. The Hall–Kier alpha value is -2.28. The molecule has 11 N–H and O–H groups in total. The van der Waals surface area contributed by atoms with Crippen LogP contribution in [0.3, 0.4) is 0 Å². The molecule has 0 radical (unpaired) electrons. The lowest BCUT2D eigenvalue weighted by molar-refractivity contribution is -0.131. The van der Waals surface area contributed by atoms with Gasteiger partial charge in [0.25, 0.3) is 0 Å². The molecule has 1 amide bonds. The third-order valence-corrected chi connectivity index (χ3v) is 5.56. The normalized spacial score (nSPS) is 18.2. The lowest BCUT2D eigenvalue weighted by Crippen LogP contribution is -2.53. The number of benzene rings is 1. The maximum Gasteiger partial charge on any atom is 0.414 e. The van der Waals surface area contributed by atoms with Crippen molar-refractivity contribution in [3.05, 3.63) is 35.4 Å². The number of hydrogen-bond donors (Lipinski definition) is 11. The predicted octanol–water partition coefficient (Wildman–Crippen LogP) is -5.26. The van der Waals surface area contributed by atoms with Crippen molar-refractivity contribution >= 4 is 12.6 Å². The highest BCUT2D eigenvalue weighted by atomic mass is 16.6. The van der Waals surface area contributed by atoms with Crippen molar-refractivity contribution in [2.24, 2.45) is 0 Å². The molecule has 1 aromatic rings. The highest BCUT2D eigenvalue weighted by molar-refractivity contribution is 5.74. The van der Waals surface area contributed by atoms with Crippen molar-refractivity contribution in [3.63, 3.8) is 0 Å². The van der Waals surface area contributed by atoms with E-state index in [1.54, 1.807) is 24.3 Å². The molecule has 1 aromatic carbocycles. The first-order valence-electron chi connectivity index (χ1n) is 11.3. The third kappa shape index (κ3) is 10.9. The summed E-state index contributed by atoms with van der Waals surface area (Å²) in [5, 5.41) is 100. The van der Waals surface area contributed by atoms with E-state index in [0.717, 1.165) is 0 Å². The van der Waals surface area contributed by atoms with Crippen LogP contribution in [0, 0.1) is 0 Å². The zero-order chi connectivity index (χ0) is 28.1. The van der Waals surface area contributed by atoms with Gasteiger partial charge in [0, 0.05) is 26.2 Å². The first-order chi connectivity index (χ1) is 17.4. The predicted molar refractivity (Wildman–Crippen MR) is 123 cm³/mol. The molecule has 212 valence electrons. The van der Waals surface area contributed by atoms with Gasteiger partial charge in [0.2, 0.25) is 0 Å². The van der Waals surface area contributed by atoms with Crippen LogP contribution in [0.4, 0.5) is 4.79 Å². The number of carbonyl (C=O) groups is 2. The summed E-state index contributed by atoms with van der Waals surface area (Å²) in [6.45, 7) is -2.57. The van der Waals surface area contributed by atoms with E-state index in [1.807, 2.05) is 0 Å². The second-order valence-corrected chi connectivity index (χ2v) is 8.46. The highest BCUT2D eigenvalue weighted by Crippen LogP contribution is 2.14. The van der Waals surface area contributed by atoms with Gasteiger partial charge >= 0.3 is 12.6 Å². The van der Waals surface area contributed by atoms with Crippen molar-refractivity contribution in [2.45, 2.75) is 61.9 Å². The largest absolute Gasteiger partial charge is 0.414 e. The molecule has 37 heavy (non-hydrogen) atoms. The number of alkyl carbamates (subject to hydrolysis) is 1. The second kappa shape index (κ2) is 16.5. The molecule has 0 saturated carbocycles. The SMILES string of the molecule is O=COC(=O)NCc1ccc(CN(C[C@H](O)[C@@H](O)[C@H](O)[C@H](O)CO)C[C@H](O)[C@@H](O)[C@H](O)[C@H](O)CO)cc1. The van der Waals surface area contributed by atoms with E-state index in [2.05, 4.69) is 10.1 Å². The van der Waals surface area contributed by atoms with Crippen molar-refractivity contribution in [2.75, 3.05) is 26.3 Å². The summed E-state index contributed by atoms with van der Waals surface area (Å²) < 4.78 is 4.11. The minimum Gasteiger partial charge on any atom is -0.394 e. The van der Waals surface area contributed by atoms with Crippen LogP contribution in [-0.4, -0.2) is 144 Å². The van der Waals surface area contributed by atoms with Gasteiger partial charge in [-0.15, -0.1) is 0 Å². The van der Waals surface area contributed by atoms with E-state index < -0.39 is 81.2 Å². The van der Waals surface area contributed by atoms with E-state index in [1.165, 1.54) is 4.90 Å². The van der Waals surface area contributed by atoms with Crippen molar-refractivity contribution < 1.29 is 65.4 Å². The summed E-state index contributed by atoms with van der Waals surface area (Å²) in [4.78, 5) is 22.7. The number of aliphatic hydroxyl groups is 10. The van der Waals surface area contributed by atoms with Gasteiger partial charge in [-0.3, -0.25) is 9.69 Å². The van der Waals surface area contributed by atoms with E-state index in [0.29, 0.717) is 11.1 Å². The minimum atomic E-state index is -1.90. The number of nitrogens with zero attached hydrogens (tertiary/aromatic N) is 1. The smallest absolute Gasteiger partial charge is 0.394 e. The summed E-state index contributed by atoms with van der Waals surface area (Å²) in [6, 6.07) is 6.48. The lowest BCUT2D eigenvalue weighted by Gasteiger charge is -2.33. The van der Waals surface area contributed by atoms with Crippen LogP contribution in [0.15, 0.2) is 24.3 Å². The number of ether oxygens (including phenoxy) is 1. The van der Waals surface area contributed by atoms with Crippen molar-refractivity contribution in [1.29, 1.82) is 0 Å². The molecular weight excluding hydrogens is 500 g/mol. The molecule has 0 bridgehead atoms. The maximum absolute atomic E-state index is 11.2. The standard InChI is InChI=1S/C22H36N2O13/c25-9-16(30)20(34)18(32)14(28)7-24(8-15(29)19(33)21(35)17(31)10-26)6-13-3-1-12(2-4-13)5-23-22(36)37-11-27/h1-4,11,14-21,25-26,28-35H,5-10H2,(H,23,36)/t14-,15-,16+,17+,18+,19+,20+,21+/m0/s1. The molecule has 8 atom stereocenters. The third-order valence-electron chi connectivity index (χ3n) is 5.56. The fourth-order valence-corrected chi connectivity index (χ4v) is 3.36. The Morgan fingerprint density at radius 3 is 1.57 bits per heavy atom. The van der Waals surface area contributed by atoms with Gasteiger partial charge in [-0.25, -0.2) is 4.79 Å². The van der Waals surface area contributed by atoms with E-state index >= 15 is 0 Å². The number of aliphatic hydroxyl groups excluding tert-OH is 10. The van der Waals surface area contributed by atoms with E-state index in [-0.39, 0.29) is 19.6 Å². The summed E-state index contributed by atoms with van der Waals surface area (Å²) in [6.07, 6.45) is -15.4. The molecule has 15 nitrogen and oxygen atoms in total. The molecule has 15 heteroatoms. The molecule has 0 unspecified atom stereocenters. The number of hydrogen-bond acceptors (Lipinski definition) is 14. The number of amides is 1. The lowest BCUT2D eigenvalue weighted by atomic mass is 10.0. The Morgan fingerprint density at radius 2 is 1.16 bits per heavy atom. The monoisotopic (exact) mass is 536 g/mol. The second-order valence-electron chi connectivity index (χ2n) is 8.46. The van der Waals surface area contributed by atoms with Crippen LogP contribution in [0.2, 0.25) is 0 Å². The van der Waals surface area contributed by atoms with Crippen LogP contribution in [-0.2, 0) is 22.6 Å². The molecule has 0 aliphatic heterocycles. The van der Waals surface area contributed by atoms with Crippen LogP contribution in [0.5, 0.6) is 0 Å². The Bertz CT molecular complexity index is 769. The van der Waals surface area contributed by atoms with Gasteiger partial charge in [-0.2, -0.15) is 0 Å². The highest BCUT2D eigenvalue weighted by Gasteiger charge is 2.34. The molecule has 0 heterocycles. The van der Waals surface area contributed by atoms with E-state index in [4.69, 9.17) is 10.2 Å². The Labute approximate surface area is 212 Å². The van der Waals surface area contributed by atoms with Gasteiger partial charge in [-0.1, -0.05) is 24.3 Å². The van der Waals surface area contributed by atoms with Crippen molar-refractivity contribution in [3.8, 4) is 0 Å². The molecule has 0 spiro atoms. The van der Waals surface area contributed by atoms with Crippen molar-refractivity contribution in [1.82, 2.24) is 10.2 Å². The maximum atomic E-state index is 11.2. The molecule has 0 fully saturated rings. The average molecular weight is 537 g/mol. The summed E-state index contributed by atoms with van der Waals surface area (Å²) in [5.74, 6) is 0. The van der Waals surface area contributed by atoms with E-state index in [9.17, 15) is 50.4 Å². The fraction of sp³-hybridized carbons (Fsp3) is 0.636. The molecule has 0 saturated heterocycles. The van der Waals surface area contributed by atoms with Crippen LogP contribution >= 0.6 is 0 Å². The summed E-state index contributed by atoms with van der Waals surface area (Å²) >= 11 is 0. The topological polar surface area (TPSA) is 261 Å². The zero-order valence-electron chi connectivity index (χ0n) is 19.9. The Morgan fingerprint density at radius 1 is 0.757 bits per heavy atom. The Balaban J connectivity index is 2.97. The van der Waals surface area contributed by atoms with Crippen LogP contribution < -0.4 is 5.32 Å². The van der Waals surface area contributed by atoms with Gasteiger partial charge in [-0.05, 0) is 11.1 Å². The fourth-order valence-electron chi connectivity index (χ4n) is 3.36. The molecule has 1 rings (SSSR count). The molecule has 0 aromatic heterocycles. The van der Waals surface area contributed by atoms with Crippen LogP contribution in [0.25, 0.3) is 0 Å². The molecule has 0 aliphatic rings. The number of rotatable bonds is 17. The average Bonchev–Trinajstić information content (AvgIpc) is 2.89. The summed E-state index contributed by atoms with van der Waals surface area (Å²) in [7, 11) is 0. The quantitative estimate of drug-likeness (QED) is 0.0656. The first kappa shape index (κ1) is 32.7. The van der Waals surface area contributed by atoms with Crippen LogP contribution in [0.1, 0.15) is 11.1 Å². The van der Waals surface area contributed by atoms with Gasteiger partial charge in [0.1, 0.15) is 36.6 Å². The molecule has 0 aliphatic carbocycles. The van der Waals surface area contributed by atoms with Gasteiger partial charge in [0.05, 0.1) is 25.4 Å². The Kier molecular flexibility index (Phi) is 14.6. The number of nitrogens with one attached hydrogen (secondary N) is 1. The first-order valence-corrected chi connectivity index (χ1v) is 11.3.